The summed E-state index contributed by atoms with van der Waals surface area (Å²) in [5.74, 6) is 0.183. The summed E-state index contributed by atoms with van der Waals surface area (Å²) in [7, 11) is 0. The molecule has 5 heteroatoms. The minimum absolute atomic E-state index is 0.183. The molecule has 0 aliphatic carbocycles. The summed E-state index contributed by atoms with van der Waals surface area (Å²) in [6, 6.07) is 0. The lowest BCUT2D eigenvalue weighted by Gasteiger charge is -2.25. The number of aliphatic hydroxyl groups excluding tert-OH is 2. The first-order chi connectivity index (χ1) is 6.83. The fourth-order valence-electron chi connectivity index (χ4n) is 1.60. The molecule has 1 fully saturated rings. The van der Waals surface area contributed by atoms with Gasteiger partial charge in [0.1, 0.15) is 0 Å². The van der Waals surface area contributed by atoms with E-state index in [1.807, 2.05) is 18.7 Å². The number of β-amino-alcohol motifs (C(OH)–C–C–N with tert-alkyl or cyclic N) is 2. The minimum atomic E-state index is -0.634. The molecule has 0 aromatic rings. The molecule has 1 saturated heterocycles. The molecule has 1 rings (SSSR count). The van der Waals surface area contributed by atoms with Crippen molar-refractivity contribution in [3.8, 4) is 0 Å². The molecule has 88 valence electrons. The molecule has 2 atom stereocenters. The van der Waals surface area contributed by atoms with Crippen molar-refractivity contribution in [3.63, 3.8) is 0 Å². The molecule has 0 radical (unpaired) electrons. The molecule has 1 aliphatic rings. The van der Waals surface area contributed by atoms with Crippen molar-refractivity contribution in [3.05, 3.63) is 0 Å². The summed E-state index contributed by atoms with van der Waals surface area (Å²) < 4.78 is 0. The molecular formula is C10H21N3O2. The second kappa shape index (κ2) is 4.47. The number of likely N-dealkylation sites (tertiary alicyclic amines) is 1. The van der Waals surface area contributed by atoms with Crippen LogP contribution < -0.4 is 5.73 Å². The van der Waals surface area contributed by atoms with Gasteiger partial charge in [-0.3, -0.25) is 10.3 Å². The standard InChI is InChI=1S/C10H21N3O2/c1-10(2,9(11)12)3-4-13-5-7(14)8(15)6-13/h7-8,14-15H,3-6H2,1-2H3,(H3,11,12). The third kappa shape index (κ3) is 3.15. The highest BCUT2D eigenvalue weighted by atomic mass is 16.3. The van der Waals surface area contributed by atoms with Crippen molar-refractivity contribution in [2.24, 2.45) is 11.1 Å². The number of hydrogen-bond donors (Lipinski definition) is 4. The van der Waals surface area contributed by atoms with Gasteiger partial charge in [-0.05, 0) is 13.0 Å². The van der Waals surface area contributed by atoms with Crippen molar-refractivity contribution in [1.82, 2.24) is 4.90 Å². The van der Waals surface area contributed by atoms with Gasteiger partial charge in [-0.1, -0.05) is 13.8 Å². The van der Waals surface area contributed by atoms with Crippen molar-refractivity contribution >= 4 is 5.84 Å². The lowest BCUT2D eigenvalue weighted by atomic mass is 9.88. The first-order valence-corrected chi connectivity index (χ1v) is 5.26. The molecule has 0 aromatic carbocycles. The summed E-state index contributed by atoms with van der Waals surface area (Å²) in [5, 5.41) is 26.1. The van der Waals surface area contributed by atoms with Crippen LogP contribution in [0.4, 0.5) is 0 Å². The van der Waals surface area contributed by atoms with Gasteiger partial charge in [0, 0.05) is 18.5 Å². The largest absolute Gasteiger partial charge is 0.389 e. The molecule has 15 heavy (non-hydrogen) atoms. The minimum Gasteiger partial charge on any atom is -0.389 e. The van der Waals surface area contributed by atoms with E-state index in [1.165, 1.54) is 0 Å². The molecule has 1 heterocycles. The Morgan fingerprint density at radius 1 is 1.40 bits per heavy atom. The highest BCUT2D eigenvalue weighted by Gasteiger charge is 2.31. The van der Waals surface area contributed by atoms with E-state index in [9.17, 15) is 10.2 Å². The van der Waals surface area contributed by atoms with Gasteiger partial charge in [-0.15, -0.1) is 0 Å². The number of hydrogen-bond acceptors (Lipinski definition) is 4. The van der Waals surface area contributed by atoms with Gasteiger partial charge < -0.3 is 15.9 Å². The van der Waals surface area contributed by atoms with Gasteiger partial charge in [0.25, 0.3) is 0 Å². The number of aliphatic hydroxyl groups is 2. The third-order valence-electron chi connectivity index (χ3n) is 3.12. The molecule has 1 aliphatic heterocycles. The quantitative estimate of drug-likeness (QED) is 0.371. The SMILES string of the molecule is CC(C)(CCN1CC(O)C(O)C1)C(=N)N. The van der Waals surface area contributed by atoms with Crippen LogP contribution in [0, 0.1) is 10.8 Å². The Morgan fingerprint density at radius 2 is 1.87 bits per heavy atom. The normalized spacial score (nSPS) is 28.3. The first-order valence-electron chi connectivity index (χ1n) is 5.26. The monoisotopic (exact) mass is 215 g/mol. The molecule has 0 spiro atoms. The Bertz CT molecular complexity index is 233. The van der Waals surface area contributed by atoms with Gasteiger partial charge in [-0.2, -0.15) is 0 Å². The van der Waals surface area contributed by atoms with E-state index < -0.39 is 12.2 Å². The zero-order valence-corrected chi connectivity index (χ0v) is 9.40. The molecule has 0 aromatic heterocycles. The van der Waals surface area contributed by atoms with Crippen LogP contribution >= 0.6 is 0 Å². The fourth-order valence-corrected chi connectivity index (χ4v) is 1.60. The zero-order valence-electron chi connectivity index (χ0n) is 9.40. The van der Waals surface area contributed by atoms with Crippen LogP contribution in [-0.2, 0) is 0 Å². The van der Waals surface area contributed by atoms with Gasteiger partial charge in [0.15, 0.2) is 0 Å². The Labute approximate surface area is 90.4 Å². The fraction of sp³-hybridized carbons (Fsp3) is 0.900. The Morgan fingerprint density at radius 3 is 2.27 bits per heavy atom. The Balaban J connectivity index is 2.36. The van der Waals surface area contributed by atoms with E-state index in [0.717, 1.165) is 13.0 Å². The lowest BCUT2D eigenvalue weighted by molar-refractivity contribution is 0.0572. The summed E-state index contributed by atoms with van der Waals surface area (Å²) in [5.41, 5.74) is 5.17. The number of nitrogens with one attached hydrogen (secondary N) is 1. The summed E-state index contributed by atoms with van der Waals surface area (Å²) >= 11 is 0. The third-order valence-corrected chi connectivity index (χ3v) is 3.12. The molecule has 0 saturated carbocycles. The van der Waals surface area contributed by atoms with Crippen molar-refractivity contribution in [2.75, 3.05) is 19.6 Å². The van der Waals surface area contributed by atoms with Crippen LogP contribution in [0.15, 0.2) is 0 Å². The van der Waals surface area contributed by atoms with Crippen LogP contribution in [0.3, 0.4) is 0 Å². The molecule has 0 bridgehead atoms. The average molecular weight is 215 g/mol. The van der Waals surface area contributed by atoms with Crippen LogP contribution in [0.5, 0.6) is 0 Å². The smallest absolute Gasteiger partial charge is 0.0963 e. The maximum absolute atomic E-state index is 9.35. The molecular weight excluding hydrogens is 194 g/mol. The van der Waals surface area contributed by atoms with Crippen molar-refractivity contribution in [1.29, 1.82) is 5.41 Å². The predicted octanol–water partition coefficient (Wildman–Crippen LogP) is -0.624. The average Bonchev–Trinajstić information content (AvgIpc) is 2.43. The summed E-state index contributed by atoms with van der Waals surface area (Å²) in [6.07, 6.45) is -0.502. The number of rotatable bonds is 4. The van der Waals surface area contributed by atoms with Gasteiger partial charge in [0.2, 0.25) is 0 Å². The Hall–Kier alpha value is -0.650. The zero-order chi connectivity index (χ0) is 11.6. The van der Waals surface area contributed by atoms with E-state index in [0.29, 0.717) is 13.1 Å². The molecule has 5 N–H and O–H groups in total. The molecule has 5 nitrogen and oxygen atoms in total. The van der Waals surface area contributed by atoms with Gasteiger partial charge in [0.05, 0.1) is 18.0 Å². The molecule has 0 amide bonds. The molecule has 2 unspecified atom stereocenters. The number of nitrogens with zero attached hydrogens (tertiary/aromatic N) is 1. The van der Waals surface area contributed by atoms with E-state index in [2.05, 4.69) is 0 Å². The van der Waals surface area contributed by atoms with Crippen LogP contribution in [0.1, 0.15) is 20.3 Å². The second-order valence-corrected chi connectivity index (χ2v) is 4.94. The van der Waals surface area contributed by atoms with E-state index in [1.54, 1.807) is 0 Å². The highest BCUT2D eigenvalue weighted by molar-refractivity contribution is 5.82. The second-order valence-electron chi connectivity index (χ2n) is 4.94. The van der Waals surface area contributed by atoms with Crippen molar-refractivity contribution in [2.45, 2.75) is 32.5 Å². The van der Waals surface area contributed by atoms with Crippen LogP contribution in [-0.4, -0.2) is 52.8 Å². The number of nitrogens with two attached hydrogens (primary N) is 1. The maximum Gasteiger partial charge on any atom is 0.0963 e. The van der Waals surface area contributed by atoms with Crippen molar-refractivity contribution < 1.29 is 10.2 Å². The van der Waals surface area contributed by atoms with Crippen LogP contribution in [0.2, 0.25) is 0 Å². The summed E-state index contributed by atoms with van der Waals surface area (Å²) in [6.45, 7) is 5.63. The topological polar surface area (TPSA) is 93.6 Å². The van der Waals surface area contributed by atoms with E-state index in [4.69, 9.17) is 11.1 Å². The van der Waals surface area contributed by atoms with Crippen LogP contribution in [0.25, 0.3) is 0 Å². The lowest BCUT2D eigenvalue weighted by Crippen LogP contribution is -2.35. The number of amidine groups is 1. The van der Waals surface area contributed by atoms with Gasteiger partial charge >= 0.3 is 0 Å². The predicted molar refractivity (Wildman–Crippen MR) is 58.8 cm³/mol. The highest BCUT2D eigenvalue weighted by Crippen LogP contribution is 2.21. The first kappa shape index (κ1) is 12.4. The Kier molecular flexibility index (Phi) is 3.70. The maximum atomic E-state index is 9.35. The van der Waals surface area contributed by atoms with E-state index in [-0.39, 0.29) is 11.3 Å². The van der Waals surface area contributed by atoms with E-state index >= 15 is 0 Å². The van der Waals surface area contributed by atoms with Gasteiger partial charge in [-0.25, -0.2) is 0 Å². The summed E-state index contributed by atoms with van der Waals surface area (Å²) in [4.78, 5) is 2.00.